The molecule has 0 fully saturated rings. The van der Waals surface area contributed by atoms with Crippen LogP contribution in [0.1, 0.15) is 51.4 Å². The molecular weight excluding hydrogens is 614 g/mol. The fourth-order valence-corrected chi connectivity index (χ4v) is 5.28. The number of nitrogens with two attached hydrogens (primary N) is 2. The lowest BCUT2D eigenvalue weighted by Crippen LogP contribution is -2.60. The molecule has 0 aliphatic rings. The summed E-state index contributed by atoms with van der Waals surface area (Å²) in [4.78, 5) is 0. The van der Waals surface area contributed by atoms with E-state index in [2.05, 4.69) is 0 Å². The SMILES string of the molecule is N[Si](N)(CCCCCC(F)(F)C(F)(F)C(F)(F)C(F)(F)F)CCCCCC(F)(F)C(F)(F)C(F)(F)C(F)(F)F. The van der Waals surface area contributed by atoms with E-state index in [1.165, 1.54) is 0 Å². The van der Waals surface area contributed by atoms with Crippen LogP contribution in [0.15, 0.2) is 0 Å². The summed E-state index contributed by atoms with van der Waals surface area (Å²) in [5.74, 6) is -39.0. The zero-order chi connectivity index (χ0) is 31.6. The largest absolute Gasteiger partial charge is 0.460 e. The minimum Gasteiger partial charge on any atom is -0.339 e. The Hall–Kier alpha value is -1.12. The van der Waals surface area contributed by atoms with Crippen LogP contribution in [0.5, 0.6) is 0 Å². The van der Waals surface area contributed by atoms with Gasteiger partial charge in [0.1, 0.15) is 0 Å². The van der Waals surface area contributed by atoms with E-state index in [9.17, 15) is 79.0 Å². The van der Waals surface area contributed by atoms with Gasteiger partial charge in [0.25, 0.3) is 0 Å². The molecule has 0 atom stereocenters. The Bertz CT molecular complexity index is 713. The van der Waals surface area contributed by atoms with Crippen LogP contribution in [0, 0.1) is 0 Å². The molecular formula is C18H24F18N2Si. The highest BCUT2D eigenvalue weighted by Crippen LogP contribution is 2.55. The molecule has 0 spiro atoms. The molecule has 0 saturated carbocycles. The van der Waals surface area contributed by atoms with Crippen molar-refractivity contribution in [1.29, 1.82) is 0 Å². The van der Waals surface area contributed by atoms with Crippen LogP contribution in [0.4, 0.5) is 79.0 Å². The van der Waals surface area contributed by atoms with Gasteiger partial charge in [-0.25, -0.2) is 0 Å². The van der Waals surface area contributed by atoms with Gasteiger partial charge in [0.05, 0.1) is 0 Å². The van der Waals surface area contributed by atoms with Crippen molar-refractivity contribution in [2.75, 3.05) is 0 Å². The van der Waals surface area contributed by atoms with Crippen molar-refractivity contribution in [2.24, 2.45) is 10.8 Å². The molecule has 0 aromatic heterocycles. The van der Waals surface area contributed by atoms with Crippen LogP contribution in [-0.2, 0) is 0 Å². The van der Waals surface area contributed by atoms with Gasteiger partial charge < -0.3 is 10.8 Å². The Morgan fingerprint density at radius 2 is 0.615 bits per heavy atom. The maximum absolute atomic E-state index is 13.4. The molecule has 0 rings (SSSR count). The van der Waals surface area contributed by atoms with Crippen LogP contribution < -0.4 is 10.8 Å². The van der Waals surface area contributed by atoms with Crippen LogP contribution >= 0.6 is 0 Å². The zero-order valence-corrected chi connectivity index (χ0v) is 20.5. The summed E-state index contributed by atoms with van der Waals surface area (Å²) >= 11 is 0. The van der Waals surface area contributed by atoms with Gasteiger partial charge in [-0.2, -0.15) is 79.0 Å². The molecule has 0 unspecified atom stereocenters. The van der Waals surface area contributed by atoms with Crippen molar-refractivity contribution >= 4 is 8.40 Å². The van der Waals surface area contributed by atoms with Crippen LogP contribution in [0.25, 0.3) is 0 Å². The minimum atomic E-state index is -7.01. The molecule has 21 heteroatoms. The van der Waals surface area contributed by atoms with Crippen molar-refractivity contribution in [3.05, 3.63) is 0 Å². The maximum atomic E-state index is 13.4. The molecule has 0 aromatic carbocycles. The Morgan fingerprint density at radius 1 is 0.359 bits per heavy atom. The summed E-state index contributed by atoms with van der Waals surface area (Å²) in [6.45, 7) is 0. The summed E-state index contributed by atoms with van der Waals surface area (Å²) in [5.41, 5.74) is 0. The fraction of sp³-hybridized carbons (Fsp3) is 1.00. The van der Waals surface area contributed by atoms with Crippen LogP contribution in [0.3, 0.4) is 0 Å². The number of hydrogen-bond acceptors (Lipinski definition) is 2. The molecule has 236 valence electrons. The van der Waals surface area contributed by atoms with Gasteiger partial charge in [0.2, 0.25) is 0 Å². The van der Waals surface area contributed by atoms with E-state index in [0.29, 0.717) is 0 Å². The molecule has 0 heterocycles. The van der Waals surface area contributed by atoms with E-state index in [4.69, 9.17) is 10.8 Å². The Morgan fingerprint density at radius 3 is 0.846 bits per heavy atom. The van der Waals surface area contributed by atoms with E-state index in [1.54, 1.807) is 0 Å². The molecule has 0 aliphatic carbocycles. The van der Waals surface area contributed by atoms with Crippen molar-refractivity contribution in [1.82, 2.24) is 0 Å². The smallest absolute Gasteiger partial charge is 0.339 e. The number of alkyl halides is 18. The van der Waals surface area contributed by atoms with E-state index in [-0.39, 0.29) is 24.9 Å². The van der Waals surface area contributed by atoms with Gasteiger partial charge in [0, 0.05) is 12.8 Å². The number of hydrogen-bond donors (Lipinski definition) is 2. The molecule has 39 heavy (non-hydrogen) atoms. The van der Waals surface area contributed by atoms with Gasteiger partial charge in [-0.1, -0.05) is 25.7 Å². The summed E-state index contributed by atoms with van der Waals surface area (Å²) < 4.78 is 230. The zero-order valence-electron chi connectivity index (χ0n) is 19.5. The monoisotopic (exact) mass is 638 g/mol. The number of unbranched alkanes of at least 4 members (excludes halogenated alkanes) is 4. The molecule has 0 amide bonds. The second kappa shape index (κ2) is 12.0. The second-order valence-electron chi connectivity index (χ2n) is 9.06. The quantitative estimate of drug-likeness (QED) is 0.101. The first-order valence-electron chi connectivity index (χ1n) is 10.9. The lowest BCUT2D eigenvalue weighted by molar-refractivity contribution is -0.396. The molecule has 0 radical (unpaired) electrons. The van der Waals surface area contributed by atoms with E-state index >= 15 is 0 Å². The molecule has 4 N–H and O–H groups in total. The number of rotatable bonds is 16. The third-order valence-electron chi connectivity index (χ3n) is 5.69. The summed E-state index contributed by atoms with van der Waals surface area (Å²) in [5, 5.41) is 11.5. The predicted octanol–water partition coefficient (Wildman–Crippen LogP) is 8.40. The second-order valence-corrected chi connectivity index (χ2v) is 12.5. The van der Waals surface area contributed by atoms with E-state index in [0.717, 1.165) is 0 Å². The topological polar surface area (TPSA) is 52.0 Å². The van der Waals surface area contributed by atoms with Gasteiger partial charge in [-0.05, 0) is 24.9 Å². The summed E-state index contributed by atoms with van der Waals surface area (Å²) in [7, 11) is -3.29. The molecule has 0 aliphatic heterocycles. The van der Waals surface area contributed by atoms with Crippen LogP contribution in [0.2, 0.25) is 12.1 Å². The van der Waals surface area contributed by atoms with Gasteiger partial charge in [-0.3, -0.25) is 0 Å². The number of halogens is 18. The van der Waals surface area contributed by atoms with Gasteiger partial charge in [-0.15, -0.1) is 0 Å². The third-order valence-corrected chi connectivity index (χ3v) is 8.25. The lowest BCUT2D eigenvalue weighted by atomic mass is 9.98. The first kappa shape index (κ1) is 37.9. The highest BCUT2D eigenvalue weighted by atomic mass is 28.3. The Balaban J connectivity index is 4.65. The van der Waals surface area contributed by atoms with Crippen molar-refractivity contribution in [3.63, 3.8) is 0 Å². The summed E-state index contributed by atoms with van der Waals surface area (Å²) in [6, 6.07) is -0.362. The van der Waals surface area contributed by atoms with Gasteiger partial charge >= 0.3 is 47.9 Å². The first-order chi connectivity index (χ1) is 16.9. The van der Waals surface area contributed by atoms with E-state index in [1.807, 2.05) is 0 Å². The fourth-order valence-electron chi connectivity index (χ4n) is 3.21. The lowest BCUT2D eigenvalue weighted by Gasteiger charge is -2.33. The normalized spacial score (nSPS) is 15.7. The average Bonchev–Trinajstić information content (AvgIpc) is 2.70. The van der Waals surface area contributed by atoms with E-state index < -0.39 is 94.8 Å². The molecule has 2 nitrogen and oxygen atoms in total. The highest BCUT2D eigenvalue weighted by molar-refractivity contribution is 6.73. The van der Waals surface area contributed by atoms with Crippen molar-refractivity contribution < 1.29 is 79.0 Å². The standard InChI is InChI=1S/C18H24F18N2Si/c19-11(20,13(23,24)15(27,28)17(31,32)33)7-3-1-5-9-39(37,38)10-6-2-4-8-12(21,22)14(25,26)16(29,30)18(34,35)36/h1-10,37-38H2. The Labute approximate surface area is 210 Å². The molecule has 0 bridgehead atoms. The molecule has 0 aromatic rings. The van der Waals surface area contributed by atoms with Crippen LogP contribution in [-0.4, -0.2) is 56.3 Å². The predicted molar refractivity (Wildman–Crippen MR) is 102 cm³/mol. The third kappa shape index (κ3) is 8.45. The van der Waals surface area contributed by atoms with Crippen molar-refractivity contribution in [2.45, 2.75) is 111 Å². The Kier molecular flexibility index (Phi) is 11.7. The summed E-state index contributed by atoms with van der Waals surface area (Å²) in [6.07, 6.45) is -21.2. The molecule has 0 saturated heterocycles. The highest BCUT2D eigenvalue weighted by Gasteiger charge is 2.82. The van der Waals surface area contributed by atoms with Crippen molar-refractivity contribution in [3.8, 4) is 0 Å². The van der Waals surface area contributed by atoms with Gasteiger partial charge in [0.15, 0.2) is 8.40 Å². The average molecular weight is 638 g/mol. The minimum absolute atomic E-state index is 0.181. The first-order valence-corrected chi connectivity index (χ1v) is 13.5. The maximum Gasteiger partial charge on any atom is 0.460 e.